The Hall–Kier alpha value is -1.88. The van der Waals surface area contributed by atoms with Crippen LogP contribution in [0, 0.1) is 0 Å². The number of carbonyl (C=O) groups is 2. The van der Waals surface area contributed by atoms with Crippen molar-refractivity contribution < 1.29 is 19.4 Å². The van der Waals surface area contributed by atoms with Crippen LogP contribution < -0.4 is 5.32 Å². The summed E-state index contributed by atoms with van der Waals surface area (Å²) in [6, 6.07) is 6.74. The number of benzene rings is 1. The van der Waals surface area contributed by atoms with Crippen LogP contribution in [-0.4, -0.2) is 23.6 Å². The van der Waals surface area contributed by atoms with Gasteiger partial charge in [-0.05, 0) is 13.0 Å². The number of nitrogens with one attached hydrogen (secondary N) is 1. The number of hydrogen-bond donors (Lipinski definition) is 2. The Labute approximate surface area is 98.4 Å². The van der Waals surface area contributed by atoms with E-state index in [2.05, 4.69) is 5.32 Å². The van der Waals surface area contributed by atoms with Gasteiger partial charge in [-0.15, -0.1) is 0 Å². The second kappa shape index (κ2) is 4.18. The summed E-state index contributed by atoms with van der Waals surface area (Å²) < 4.78 is 4.75. The van der Waals surface area contributed by atoms with Crippen molar-refractivity contribution in [1.29, 1.82) is 0 Å². The van der Waals surface area contributed by atoms with Crippen LogP contribution in [0.3, 0.4) is 0 Å². The lowest BCUT2D eigenvalue weighted by Gasteiger charge is -2.19. The summed E-state index contributed by atoms with van der Waals surface area (Å²) in [5.74, 6) is -1.19. The van der Waals surface area contributed by atoms with Crippen LogP contribution in [0.5, 0.6) is 0 Å². The van der Waals surface area contributed by atoms with Gasteiger partial charge in [0.1, 0.15) is 0 Å². The molecule has 0 saturated heterocycles. The van der Waals surface area contributed by atoms with Crippen LogP contribution in [0.4, 0.5) is 5.69 Å². The van der Waals surface area contributed by atoms with Gasteiger partial charge in [0.05, 0.1) is 13.0 Å². The fraction of sp³-hybridized carbons (Fsp3) is 0.333. The first-order valence-electron chi connectivity index (χ1n) is 5.37. The maximum Gasteiger partial charge on any atom is 0.309 e. The van der Waals surface area contributed by atoms with Crippen LogP contribution >= 0.6 is 0 Å². The summed E-state index contributed by atoms with van der Waals surface area (Å²) in [6.07, 6.45) is -0.371. The van der Waals surface area contributed by atoms with E-state index >= 15 is 0 Å². The van der Waals surface area contributed by atoms with Gasteiger partial charge in [0.15, 0.2) is 5.60 Å². The molecule has 0 fully saturated rings. The number of esters is 1. The molecule has 0 bridgehead atoms. The molecule has 17 heavy (non-hydrogen) atoms. The van der Waals surface area contributed by atoms with E-state index in [-0.39, 0.29) is 13.0 Å². The predicted octanol–water partition coefficient (Wildman–Crippen LogP) is 0.779. The molecule has 1 aromatic rings. The van der Waals surface area contributed by atoms with Gasteiger partial charge in [0.25, 0.3) is 5.91 Å². The monoisotopic (exact) mass is 235 g/mol. The number of amides is 1. The standard InChI is InChI=1S/C12H13NO4/c1-2-17-10(14)7-12(16)8-5-3-4-6-9(8)13-11(12)15/h3-6,16H,2,7H2,1H3,(H,13,15). The largest absolute Gasteiger partial charge is 0.466 e. The first kappa shape index (κ1) is 11.6. The molecule has 2 rings (SSSR count). The van der Waals surface area contributed by atoms with Crippen LogP contribution in [-0.2, 0) is 19.9 Å². The predicted molar refractivity (Wildman–Crippen MR) is 60.2 cm³/mol. The average Bonchev–Trinajstić information content (AvgIpc) is 2.52. The van der Waals surface area contributed by atoms with E-state index in [1.54, 1.807) is 31.2 Å². The number of anilines is 1. The van der Waals surface area contributed by atoms with Gasteiger partial charge in [-0.25, -0.2) is 0 Å². The fourth-order valence-electron chi connectivity index (χ4n) is 1.90. The van der Waals surface area contributed by atoms with Crippen molar-refractivity contribution in [3.05, 3.63) is 29.8 Å². The molecule has 1 aromatic carbocycles. The summed E-state index contributed by atoms with van der Waals surface area (Å²) in [5.41, 5.74) is -0.870. The van der Waals surface area contributed by atoms with Crippen molar-refractivity contribution >= 4 is 17.6 Å². The second-order valence-electron chi connectivity index (χ2n) is 3.84. The number of para-hydroxylation sites is 1. The highest BCUT2D eigenvalue weighted by atomic mass is 16.5. The van der Waals surface area contributed by atoms with E-state index in [9.17, 15) is 14.7 Å². The van der Waals surface area contributed by atoms with Gasteiger partial charge in [-0.2, -0.15) is 0 Å². The topological polar surface area (TPSA) is 75.6 Å². The first-order chi connectivity index (χ1) is 8.08. The van der Waals surface area contributed by atoms with Crippen molar-refractivity contribution in [1.82, 2.24) is 0 Å². The average molecular weight is 235 g/mol. The lowest BCUT2D eigenvalue weighted by Crippen LogP contribution is -2.37. The number of rotatable bonds is 3. The molecule has 5 heteroatoms. The summed E-state index contributed by atoms with van der Waals surface area (Å²) in [6.45, 7) is 1.89. The van der Waals surface area contributed by atoms with E-state index in [0.717, 1.165) is 0 Å². The number of ether oxygens (including phenoxy) is 1. The highest BCUT2D eigenvalue weighted by Gasteiger charge is 2.46. The van der Waals surface area contributed by atoms with Gasteiger partial charge in [-0.3, -0.25) is 9.59 Å². The normalized spacial score (nSPS) is 21.9. The molecule has 5 nitrogen and oxygen atoms in total. The van der Waals surface area contributed by atoms with E-state index in [4.69, 9.17) is 4.74 Å². The van der Waals surface area contributed by atoms with Crippen molar-refractivity contribution in [2.24, 2.45) is 0 Å². The molecule has 1 aliphatic heterocycles. The maximum absolute atomic E-state index is 11.7. The molecule has 1 atom stereocenters. The molecule has 0 saturated carbocycles. The molecule has 0 radical (unpaired) electrons. The van der Waals surface area contributed by atoms with Gasteiger partial charge in [0.2, 0.25) is 0 Å². The lowest BCUT2D eigenvalue weighted by atomic mass is 9.92. The molecule has 0 aromatic heterocycles. The number of fused-ring (bicyclic) bond motifs is 1. The minimum Gasteiger partial charge on any atom is -0.466 e. The minimum atomic E-state index is -1.82. The van der Waals surface area contributed by atoms with Crippen molar-refractivity contribution in [3.8, 4) is 0 Å². The van der Waals surface area contributed by atoms with E-state index < -0.39 is 17.5 Å². The maximum atomic E-state index is 11.7. The zero-order chi connectivity index (χ0) is 12.5. The Bertz CT molecular complexity index is 471. The molecule has 90 valence electrons. The van der Waals surface area contributed by atoms with Crippen molar-refractivity contribution in [2.45, 2.75) is 18.9 Å². The quantitative estimate of drug-likeness (QED) is 0.759. The smallest absolute Gasteiger partial charge is 0.309 e. The van der Waals surface area contributed by atoms with Crippen LogP contribution in [0.15, 0.2) is 24.3 Å². The van der Waals surface area contributed by atoms with Crippen LogP contribution in [0.2, 0.25) is 0 Å². The Morgan fingerprint density at radius 2 is 2.18 bits per heavy atom. The molecule has 1 amide bonds. The van der Waals surface area contributed by atoms with Crippen molar-refractivity contribution in [2.75, 3.05) is 11.9 Å². The van der Waals surface area contributed by atoms with Crippen LogP contribution in [0.25, 0.3) is 0 Å². The SMILES string of the molecule is CCOC(=O)CC1(O)C(=O)Nc2ccccc21. The van der Waals surface area contributed by atoms with E-state index in [1.807, 2.05) is 0 Å². The highest BCUT2D eigenvalue weighted by molar-refractivity contribution is 6.06. The van der Waals surface area contributed by atoms with E-state index in [1.165, 1.54) is 0 Å². The Morgan fingerprint density at radius 1 is 1.47 bits per heavy atom. The molecule has 0 aliphatic carbocycles. The Morgan fingerprint density at radius 3 is 2.88 bits per heavy atom. The zero-order valence-corrected chi connectivity index (χ0v) is 9.40. The molecule has 1 heterocycles. The van der Waals surface area contributed by atoms with Crippen LogP contribution in [0.1, 0.15) is 18.9 Å². The molecule has 2 N–H and O–H groups in total. The Balaban J connectivity index is 2.30. The molecular formula is C12H13NO4. The summed E-state index contributed by atoms with van der Waals surface area (Å²) in [7, 11) is 0. The molecule has 1 aliphatic rings. The third-order valence-electron chi connectivity index (χ3n) is 2.70. The van der Waals surface area contributed by atoms with Gasteiger partial charge < -0.3 is 15.2 Å². The lowest BCUT2D eigenvalue weighted by molar-refractivity contribution is -0.154. The summed E-state index contributed by atoms with van der Waals surface area (Å²) in [4.78, 5) is 23.1. The highest BCUT2D eigenvalue weighted by Crippen LogP contribution is 2.38. The number of carbonyl (C=O) groups excluding carboxylic acids is 2. The third kappa shape index (κ3) is 1.89. The molecule has 1 unspecified atom stereocenters. The third-order valence-corrected chi connectivity index (χ3v) is 2.70. The number of aliphatic hydroxyl groups is 1. The van der Waals surface area contributed by atoms with Crippen molar-refractivity contribution in [3.63, 3.8) is 0 Å². The number of hydrogen-bond acceptors (Lipinski definition) is 4. The molecule has 0 spiro atoms. The van der Waals surface area contributed by atoms with Gasteiger partial charge >= 0.3 is 5.97 Å². The second-order valence-corrected chi connectivity index (χ2v) is 3.84. The van der Waals surface area contributed by atoms with E-state index in [0.29, 0.717) is 11.3 Å². The fourth-order valence-corrected chi connectivity index (χ4v) is 1.90. The van der Waals surface area contributed by atoms with Gasteiger partial charge in [0, 0.05) is 11.3 Å². The summed E-state index contributed by atoms with van der Waals surface area (Å²) in [5, 5.41) is 12.8. The minimum absolute atomic E-state index is 0.220. The summed E-state index contributed by atoms with van der Waals surface area (Å²) >= 11 is 0. The van der Waals surface area contributed by atoms with Gasteiger partial charge in [-0.1, -0.05) is 18.2 Å². The first-order valence-corrected chi connectivity index (χ1v) is 5.37. The zero-order valence-electron chi connectivity index (χ0n) is 9.40. The molecular weight excluding hydrogens is 222 g/mol. The Kier molecular flexibility index (Phi) is 2.85.